The van der Waals surface area contributed by atoms with Crippen molar-refractivity contribution in [3.63, 3.8) is 0 Å². The van der Waals surface area contributed by atoms with Crippen LogP contribution in [0.5, 0.6) is 0 Å². The van der Waals surface area contributed by atoms with Crippen molar-refractivity contribution in [1.82, 2.24) is 25.3 Å². The number of piperidine rings is 1. The molecule has 1 atom stereocenters. The SMILES string of the molecule is CCC[C@@]1(C2CCN(C(=O)c3cc(CC)on3)CC2)NC(=O)N(CCc2ccccn2)C1=O. The van der Waals surface area contributed by atoms with Crippen molar-refractivity contribution in [2.45, 2.75) is 57.9 Å². The van der Waals surface area contributed by atoms with Gasteiger partial charge in [-0.15, -0.1) is 0 Å². The van der Waals surface area contributed by atoms with Gasteiger partial charge in [0, 0.05) is 50.4 Å². The normalized spacial score (nSPS) is 21.5. The summed E-state index contributed by atoms with van der Waals surface area (Å²) < 4.78 is 5.17. The van der Waals surface area contributed by atoms with Gasteiger partial charge in [0.25, 0.3) is 11.8 Å². The number of urea groups is 1. The number of imide groups is 1. The Morgan fingerprint density at radius 2 is 2.03 bits per heavy atom. The average molecular weight is 454 g/mol. The Bertz CT molecular complexity index is 999. The first-order valence-corrected chi connectivity index (χ1v) is 11.8. The Kier molecular flexibility index (Phi) is 6.76. The van der Waals surface area contributed by atoms with Crippen LogP contribution in [-0.2, 0) is 17.6 Å². The summed E-state index contributed by atoms with van der Waals surface area (Å²) in [6.07, 6.45) is 5.55. The fourth-order valence-electron chi connectivity index (χ4n) is 4.98. The molecule has 0 bridgehead atoms. The maximum absolute atomic E-state index is 13.5. The van der Waals surface area contributed by atoms with Crippen molar-refractivity contribution in [3.05, 3.63) is 47.6 Å². The van der Waals surface area contributed by atoms with Crippen molar-refractivity contribution in [2.24, 2.45) is 5.92 Å². The summed E-state index contributed by atoms with van der Waals surface area (Å²) in [7, 11) is 0. The molecule has 1 N–H and O–H groups in total. The molecule has 176 valence electrons. The summed E-state index contributed by atoms with van der Waals surface area (Å²) in [5.41, 5.74) is 0.255. The maximum atomic E-state index is 13.5. The average Bonchev–Trinajstić information content (AvgIpc) is 3.42. The highest BCUT2D eigenvalue weighted by Gasteiger charge is 2.55. The number of amides is 4. The Labute approximate surface area is 193 Å². The Hall–Kier alpha value is -3.23. The second kappa shape index (κ2) is 9.72. The topological polar surface area (TPSA) is 109 Å². The van der Waals surface area contributed by atoms with Crippen LogP contribution in [0.3, 0.4) is 0 Å². The molecule has 33 heavy (non-hydrogen) atoms. The van der Waals surface area contributed by atoms with Gasteiger partial charge in [-0.25, -0.2) is 4.79 Å². The van der Waals surface area contributed by atoms with Crippen LogP contribution < -0.4 is 5.32 Å². The predicted octanol–water partition coefficient (Wildman–Crippen LogP) is 2.82. The number of nitrogens with one attached hydrogen (secondary N) is 1. The number of carbonyl (C=O) groups is 3. The van der Waals surface area contributed by atoms with E-state index in [0.29, 0.717) is 63.2 Å². The number of hydrogen-bond donors (Lipinski definition) is 1. The third-order valence-electron chi connectivity index (χ3n) is 6.77. The number of pyridine rings is 1. The van der Waals surface area contributed by atoms with Crippen LogP contribution in [0, 0.1) is 5.92 Å². The van der Waals surface area contributed by atoms with Gasteiger partial charge in [-0.2, -0.15) is 0 Å². The van der Waals surface area contributed by atoms with Gasteiger partial charge in [-0.05, 0) is 37.3 Å². The smallest absolute Gasteiger partial charge is 0.325 e. The summed E-state index contributed by atoms with van der Waals surface area (Å²) >= 11 is 0. The molecule has 0 saturated carbocycles. The standard InChI is InChI=1S/C24H31N5O4/c1-3-11-24(22(31)29(23(32)26-24)15-10-18-7-5-6-12-25-18)17-8-13-28(14-9-17)21(30)20-16-19(4-2)33-27-20/h5-7,12,16-17H,3-4,8-11,13-15H2,1-2H3,(H,26,32)/t24-/m0/s1. The number of carbonyl (C=O) groups excluding carboxylic acids is 3. The molecule has 2 aromatic rings. The van der Waals surface area contributed by atoms with Crippen LogP contribution in [0.15, 0.2) is 35.0 Å². The van der Waals surface area contributed by atoms with Gasteiger partial charge in [-0.3, -0.25) is 19.5 Å². The zero-order chi connectivity index (χ0) is 23.4. The van der Waals surface area contributed by atoms with Crippen molar-refractivity contribution in [3.8, 4) is 0 Å². The van der Waals surface area contributed by atoms with E-state index in [1.54, 1.807) is 17.2 Å². The Morgan fingerprint density at radius 3 is 2.67 bits per heavy atom. The van der Waals surface area contributed by atoms with E-state index in [-0.39, 0.29) is 23.8 Å². The summed E-state index contributed by atoms with van der Waals surface area (Å²) in [4.78, 5) is 46.5. The van der Waals surface area contributed by atoms with E-state index in [1.807, 2.05) is 32.0 Å². The van der Waals surface area contributed by atoms with Crippen LogP contribution in [0.25, 0.3) is 0 Å². The summed E-state index contributed by atoms with van der Waals surface area (Å²) in [5.74, 6) is 0.348. The van der Waals surface area contributed by atoms with E-state index in [4.69, 9.17) is 4.52 Å². The molecule has 4 rings (SSSR count). The molecule has 2 aromatic heterocycles. The first-order chi connectivity index (χ1) is 16.0. The molecule has 4 heterocycles. The predicted molar refractivity (Wildman–Crippen MR) is 120 cm³/mol. The highest BCUT2D eigenvalue weighted by molar-refractivity contribution is 6.07. The van der Waals surface area contributed by atoms with Crippen LogP contribution in [0.2, 0.25) is 0 Å². The zero-order valence-electron chi connectivity index (χ0n) is 19.2. The largest absolute Gasteiger partial charge is 0.361 e. The minimum atomic E-state index is -0.908. The number of nitrogens with zero attached hydrogens (tertiary/aromatic N) is 4. The zero-order valence-corrected chi connectivity index (χ0v) is 19.2. The van der Waals surface area contributed by atoms with Gasteiger partial charge in [0.1, 0.15) is 11.3 Å². The molecule has 2 saturated heterocycles. The molecule has 0 spiro atoms. The van der Waals surface area contributed by atoms with Crippen molar-refractivity contribution < 1.29 is 18.9 Å². The molecule has 2 fully saturated rings. The molecule has 9 nitrogen and oxygen atoms in total. The lowest BCUT2D eigenvalue weighted by Gasteiger charge is -2.40. The minimum Gasteiger partial charge on any atom is -0.361 e. The van der Waals surface area contributed by atoms with Gasteiger partial charge in [0.15, 0.2) is 5.69 Å². The fraction of sp³-hybridized carbons (Fsp3) is 0.542. The maximum Gasteiger partial charge on any atom is 0.325 e. The molecule has 4 amide bonds. The molecule has 0 aliphatic carbocycles. The van der Waals surface area contributed by atoms with Gasteiger partial charge < -0.3 is 14.7 Å². The summed E-state index contributed by atoms with van der Waals surface area (Å²) in [5, 5.41) is 6.94. The van der Waals surface area contributed by atoms with Crippen molar-refractivity contribution >= 4 is 17.8 Å². The quantitative estimate of drug-likeness (QED) is 0.616. The summed E-state index contributed by atoms with van der Waals surface area (Å²) in [6.45, 7) is 5.30. The molecular weight excluding hydrogens is 422 g/mol. The fourth-order valence-corrected chi connectivity index (χ4v) is 4.98. The molecule has 0 unspecified atom stereocenters. The van der Waals surface area contributed by atoms with Gasteiger partial charge in [0.05, 0.1) is 0 Å². The Balaban J connectivity index is 1.43. The molecule has 0 aromatic carbocycles. The minimum absolute atomic E-state index is 0.0266. The third kappa shape index (κ3) is 4.49. The third-order valence-corrected chi connectivity index (χ3v) is 6.77. The van der Waals surface area contributed by atoms with E-state index in [0.717, 1.165) is 12.1 Å². The summed E-state index contributed by atoms with van der Waals surface area (Å²) in [6, 6.07) is 6.98. The van der Waals surface area contributed by atoms with Gasteiger partial charge >= 0.3 is 6.03 Å². The molecular formula is C24H31N5O4. The van der Waals surface area contributed by atoms with E-state index in [9.17, 15) is 14.4 Å². The number of rotatable bonds is 8. The number of aromatic nitrogens is 2. The van der Waals surface area contributed by atoms with E-state index >= 15 is 0 Å². The first kappa shape index (κ1) is 22.9. The van der Waals surface area contributed by atoms with Crippen molar-refractivity contribution in [2.75, 3.05) is 19.6 Å². The van der Waals surface area contributed by atoms with Crippen LogP contribution in [0.1, 0.15) is 61.5 Å². The second-order valence-corrected chi connectivity index (χ2v) is 8.78. The van der Waals surface area contributed by atoms with E-state index < -0.39 is 5.54 Å². The lowest BCUT2D eigenvalue weighted by molar-refractivity contribution is -0.134. The van der Waals surface area contributed by atoms with E-state index in [1.165, 1.54) is 4.90 Å². The van der Waals surface area contributed by atoms with Crippen molar-refractivity contribution in [1.29, 1.82) is 0 Å². The molecule has 2 aliphatic heterocycles. The lowest BCUT2D eigenvalue weighted by atomic mass is 9.74. The van der Waals surface area contributed by atoms with E-state index in [2.05, 4.69) is 15.5 Å². The monoisotopic (exact) mass is 453 g/mol. The van der Waals surface area contributed by atoms with Crippen LogP contribution in [-0.4, -0.2) is 63.0 Å². The molecule has 9 heteroatoms. The molecule has 0 radical (unpaired) electrons. The number of hydrogen-bond acceptors (Lipinski definition) is 6. The molecule has 2 aliphatic rings. The van der Waals surface area contributed by atoms with Gasteiger partial charge in [-0.1, -0.05) is 31.5 Å². The number of likely N-dealkylation sites (tertiary alicyclic amines) is 1. The second-order valence-electron chi connectivity index (χ2n) is 8.78. The van der Waals surface area contributed by atoms with Crippen LogP contribution in [0.4, 0.5) is 4.79 Å². The number of aryl methyl sites for hydroxylation is 1. The highest BCUT2D eigenvalue weighted by Crippen LogP contribution is 2.37. The highest BCUT2D eigenvalue weighted by atomic mass is 16.5. The van der Waals surface area contributed by atoms with Crippen LogP contribution >= 0.6 is 0 Å². The Morgan fingerprint density at radius 1 is 1.24 bits per heavy atom. The van der Waals surface area contributed by atoms with Gasteiger partial charge in [0.2, 0.25) is 0 Å². The lowest BCUT2D eigenvalue weighted by Crippen LogP contribution is -2.56. The first-order valence-electron chi connectivity index (χ1n) is 11.8.